The first-order valence-electron chi connectivity index (χ1n) is 3.92. The van der Waals surface area contributed by atoms with E-state index >= 15 is 0 Å². The molecule has 0 aliphatic rings. The van der Waals surface area contributed by atoms with Gasteiger partial charge in [-0.1, -0.05) is 0 Å². The summed E-state index contributed by atoms with van der Waals surface area (Å²) in [5.41, 5.74) is 0.939. The molecule has 74 valence electrons. The van der Waals surface area contributed by atoms with Crippen molar-refractivity contribution in [2.45, 2.75) is 6.54 Å². The van der Waals surface area contributed by atoms with Gasteiger partial charge in [0.2, 0.25) is 0 Å². The van der Waals surface area contributed by atoms with Crippen LogP contribution in [0.4, 0.5) is 5.69 Å². The molecule has 0 saturated carbocycles. The van der Waals surface area contributed by atoms with Gasteiger partial charge in [0.05, 0.1) is 22.9 Å². The van der Waals surface area contributed by atoms with Crippen LogP contribution >= 0.6 is 31.9 Å². The first-order chi connectivity index (χ1) is 6.75. The number of aromatic nitrogens is 2. The molecule has 2 N–H and O–H groups in total. The van der Waals surface area contributed by atoms with Gasteiger partial charge in [-0.3, -0.25) is 5.10 Å². The average molecular weight is 321 g/mol. The average Bonchev–Trinajstić information content (AvgIpc) is 2.74. The van der Waals surface area contributed by atoms with Crippen molar-refractivity contribution in [1.29, 1.82) is 0 Å². The van der Waals surface area contributed by atoms with E-state index in [2.05, 4.69) is 47.4 Å². The Bertz CT molecular complexity index is 391. The number of nitrogens with one attached hydrogen (secondary N) is 2. The second-order valence-electron chi connectivity index (χ2n) is 2.67. The van der Waals surface area contributed by atoms with Gasteiger partial charge in [-0.15, -0.1) is 0 Å². The van der Waals surface area contributed by atoms with Gasteiger partial charge in [-0.2, -0.15) is 5.10 Å². The van der Waals surface area contributed by atoms with Gasteiger partial charge in [0.25, 0.3) is 0 Å². The molecule has 0 spiro atoms. The normalized spacial score (nSPS) is 10.4. The van der Waals surface area contributed by atoms with E-state index in [1.54, 1.807) is 12.4 Å². The van der Waals surface area contributed by atoms with E-state index in [4.69, 9.17) is 4.42 Å². The molecule has 14 heavy (non-hydrogen) atoms. The van der Waals surface area contributed by atoms with Crippen LogP contribution in [0.5, 0.6) is 0 Å². The summed E-state index contributed by atoms with van der Waals surface area (Å²) < 4.78 is 7.02. The van der Waals surface area contributed by atoms with Gasteiger partial charge >= 0.3 is 0 Å². The summed E-state index contributed by atoms with van der Waals surface area (Å²) in [4.78, 5) is 0. The lowest BCUT2D eigenvalue weighted by Crippen LogP contribution is -1.96. The van der Waals surface area contributed by atoms with E-state index in [0.717, 1.165) is 15.9 Å². The van der Waals surface area contributed by atoms with Gasteiger partial charge in [0, 0.05) is 6.20 Å². The molecule has 0 fully saturated rings. The molecule has 0 unspecified atom stereocenters. The molecule has 0 saturated heterocycles. The third-order valence-electron chi connectivity index (χ3n) is 1.66. The van der Waals surface area contributed by atoms with E-state index in [0.29, 0.717) is 11.2 Å². The van der Waals surface area contributed by atoms with Crippen LogP contribution in [0.25, 0.3) is 0 Å². The fourth-order valence-electron chi connectivity index (χ4n) is 1.02. The number of hydrogen-bond acceptors (Lipinski definition) is 3. The number of nitrogens with zero attached hydrogens (tertiary/aromatic N) is 1. The van der Waals surface area contributed by atoms with Crippen LogP contribution in [-0.2, 0) is 6.54 Å². The summed E-state index contributed by atoms with van der Waals surface area (Å²) in [6.45, 7) is 0.629. The third kappa shape index (κ3) is 2.19. The molecule has 2 aromatic heterocycles. The third-order valence-corrected chi connectivity index (χ3v) is 3.37. The van der Waals surface area contributed by atoms with Gasteiger partial charge in [0.1, 0.15) is 5.76 Å². The highest BCUT2D eigenvalue weighted by molar-refractivity contribution is 9.13. The highest BCUT2D eigenvalue weighted by Gasteiger charge is 2.05. The Morgan fingerprint density at radius 2 is 2.36 bits per heavy atom. The molecular weight excluding hydrogens is 314 g/mol. The zero-order valence-corrected chi connectivity index (χ0v) is 10.2. The Kier molecular flexibility index (Phi) is 2.93. The predicted octanol–water partition coefficient (Wildman–Crippen LogP) is 3.14. The van der Waals surface area contributed by atoms with Gasteiger partial charge < -0.3 is 9.73 Å². The Hall–Kier alpha value is -0.750. The topological polar surface area (TPSA) is 53.9 Å². The van der Waals surface area contributed by atoms with E-state index in [9.17, 15) is 0 Å². The summed E-state index contributed by atoms with van der Waals surface area (Å²) in [7, 11) is 0. The summed E-state index contributed by atoms with van der Waals surface area (Å²) in [6, 6.07) is 1.91. The van der Waals surface area contributed by atoms with Crippen LogP contribution in [0.3, 0.4) is 0 Å². The number of hydrogen-bond donors (Lipinski definition) is 2. The zero-order chi connectivity index (χ0) is 9.97. The van der Waals surface area contributed by atoms with Gasteiger partial charge in [-0.25, -0.2) is 0 Å². The molecule has 0 aliphatic heterocycles. The van der Waals surface area contributed by atoms with Crippen LogP contribution in [-0.4, -0.2) is 10.2 Å². The van der Waals surface area contributed by atoms with Crippen molar-refractivity contribution in [2.75, 3.05) is 5.32 Å². The van der Waals surface area contributed by atoms with Crippen molar-refractivity contribution in [3.63, 3.8) is 0 Å². The number of halogens is 2. The number of anilines is 1. The molecule has 0 aromatic carbocycles. The maximum atomic E-state index is 5.39. The summed E-state index contributed by atoms with van der Waals surface area (Å²) in [5.74, 6) is 0.852. The minimum atomic E-state index is 0.629. The summed E-state index contributed by atoms with van der Waals surface area (Å²) in [6.07, 6.45) is 3.50. The molecule has 2 aromatic rings. The Labute approximate surface area is 97.3 Å². The molecular formula is C8H7Br2N3O. The van der Waals surface area contributed by atoms with Crippen LogP contribution < -0.4 is 5.32 Å². The summed E-state index contributed by atoms with van der Waals surface area (Å²) in [5, 5.41) is 9.69. The molecule has 2 rings (SSSR count). The predicted molar refractivity (Wildman–Crippen MR) is 60.0 cm³/mol. The van der Waals surface area contributed by atoms with Crippen LogP contribution in [0.1, 0.15) is 5.76 Å². The SMILES string of the molecule is Brc1cc(CNc2cn[nH]c2)oc1Br. The molecule has 4 nitrogen and oxygen atoms in total. The number of aromatic amines is 1. The maximum absolute atomic E-state index is 5.39. The Morgan fingerprint density at radius 1 is 1.50 bits per heavy atom. The first-order valence-corrected chi connectivity index (χ1v) is 5.50. The van der Waals surface area contributed by atoms with Gasteiger partial charge in [0.15, 0.2) is 4.67 Å². The second kappa shape index (κ2) is 4.18. The smallest absolute Gasteiger partial charge is 0.183 e. The highest BCUT2D eigenvalue weighted by atomic mass is 79.9. The lowest BCUT2D eigenvalue weighted by molar-refractivity contribution is 0.494. The quantitative estimate of drug-likeness (QED) is 0.913. The Morgan fingerprint density at radius 3 is 2.93 bits per heavy atom. The fraction of sp³-hybridized carbons (Fsp3) is 0.125. The molecule has 0 bridgehead atoms. The standard InChI is InChI=1S/C8H7Br2N3O/c9-7-1-6(14-8(7)10)4-11-5-2-12-13-3-5/h1-3,11H,4H2,(H,12,13). The van der Waals surface area contributed by atoms with Crippen molar-refractivity contribution < 1.29 is 4.42 Å². The minimum absolute atomic E-state index is 0.629. The zero-order valence-electron chi connectivity index (χ0n) is 7.05. The largest absolute Gasteiger partial charge is 0.451 e. The van der Waals surface area contributed by atoms with E-state index in [1.165, 1.54) is 0 Å². The van der Waals surface area contributed by atoms with Crippen LogP contribution in [0.15, 0.2) is 32.0 Å². The van der Waals surface area contributed by atoms with Gasteiger partial charge in [-0.05, 0) is 37.9 Å². The van der Waals surface area contributed by atoms with E-state index in [1.807, 2.05) is 6.07 Å². The van der Waals surface area contributed by atoms with Crippen molar-refractivity contribution >= 4 is 37.5 Å². The van der Waals surface area contributed by atoms with Crippen molar-refractivity contribution in [3.8, 4) is 0 Å². The molecule has 0 atom stereocenters. The fourth-order valence-corrected chi connectivity index (χ4v) is 1.67. The molecule has 2 heterocycles. The number of H-pyrrole nitrogens is 1. The highest BCUT2D eigenvalue weighted by Crippen LogP contribution is 2.26. The van der Waals surface area contributed by atoms with Crippen LogP contribution in [0.2, 0.25) is 0 Å². The first kappa shape index (κ1) is 9.79. The van der Waals surface area contributed by atoms with E-state index < -0.39 is 0 Å². The monoisotopic (exact) mass is 319 g/mol. The molecule has 0 radical (unpaired) electrons. The Balaban J connectivity index is 1.98. The molecule has 0 aliphatic carbocycles. The van der Waals surface area contributed by atoms with Crippen LogP contribution in [0, 0.1) is 0 Å². The van der Waals surface area contributed by atoms with Crippen molar-refractivity contribution in [1.82, 2.24) is 10.2 Å². The summed E-state index contributed by atoms with van der Waals surface area (Å²) >= 11 is 6.62. The molecule has 6 heteroatoms. The van der Waals surface area contributed by atoms with Crippen molar-refractivity contribution in [2.24, 2.45) is 0 Å². The number of furan rings is 1. The van der Waals surface area contributed by atoms with Crippen molar-refractivity contribution in [3.05, 3.63) is 33.4 Å². The lowest BCUT2D eigenvalue weighted by atomic mass is 10.4. The second-order valence-corrected chi connectivity index (χ2v) is 4.25. The lowest BCUT2D eigenvalue weighted by Gasteiger charge is -1.98. The molecule has 0 amide bonds. The minimum Gasteiger partial charge on any atom is -0.451 e. The maximum Gasteiger partial charge on any atom is 0.183 e. The van der Waals surface area contributed by atoms with E-state index in [-0.39, 0.29) is 0 Å². The number of rotatable bonds is 3.